The number of allylic oxidation sites excluding steroid dienone is 1. The number of anilines is 1. The lowest BCUT2D eigenvalue weighted by Crippen LogP contribution is -2.56. The van der Waals surface area contributed by atoms with E-state index >= 15 is 0 Å². The van der Waals surface area contributed by atoms with Crippen molar-refractivity contribution in [3.63, 3.8) is 0 Å². The lowest BCUT2D eigenvalue weighted by atomic mass is 9.70. The number of amides is 2. The second-order valence-electron chi connectivity index (χ2n) is 11.3. The van der Waals surface area contributed by atoms with E-state index in [4.69, 9.17) is 26.2 Å². The molecule has 2 bridgehead atoms. The quantitative estimate of drug-likeness (QED) is 0.166. The van der Waals surface area contributed by atoms with Gasteiger partial charge in [0.1, 0.15) is 11.6 Å². The van der Waals surface area contributed by atoms with Crippen LogP contribution in [0.1, 0.15) is 63.4 Å². The third-order valence-corrected chi connectivity index (χ3v) is 9.00. The number of unbranched alkanes of at least 4 members (excludes halogenated alkanes) is 5. The molecule has 5 atom stereocenters. The first-order valence-corrected chi connectivity index (χ1v) is 15.2. The number of nitrogens with zero attached hydrogens (tertiary/aromatic N) is 2. The minimum atomic E-state index is -1.11. The van der Waals surface area contributed by atoms with Crippen molar-refractivity contribution < 1.29 is 29.0 Å². The highest BCUT2D eigenvalue weighted by Crippen LogP contribution is 2.59. The fourth-order valence-corrected chi connectivity index (χ4v) is 7.20. The van der Waals surface area contributed by atoms with Crippen molar-refractivity contribution in [1.29, 1.82) is 0 Å². The first-order chi connectivity index (χ1) is 19.8. The van der Waals surface area contributed by atoms with Gasteiger partial charge in [-0.05, 0) is 63.5 Å². The van der Waals surface area contributed by atoms with E-state index in [1.165, 1.54) is 0 Å². The fraction of sp³-hybridized carbons (Fsp3) is 0.594. The molecular weight excluding hydrogens is 544 g/mol. The summed E-state index contributed by atoms with van der Waals surface area (Å²) in [4.78, 5) is 45.4. The van der Waals surface area contributed by atoms with E-state index in [-0.39, 0.29) is 31.6 Å². The number of carbonyl (C=O) groups is 3. The number of ether oxygens (including phenoxy) is 2. The summed E-state index contributed by atoms with van der Waals surface area (Å²) >= 11 is 6.61. The zero-order valence-corrected chi connectivity index (χ0v) is 24.8. The van der Waals surface area contributed by atoms with Gasteiger partial charge in [-0.15, -0.1) is 13.2 Å². The molecule has 41 heavy (non-hydrogen) atoms. The second-order valence-corrected chi connectivity index (χ2v) is 11.7. The first-order valence-electron chi connectivity index (χ1n) is 14.9. The topological polar surface area (TPSA) is 96.4 Å². The van der Waals surface area contributed by atoms with E-state index in [0.717, 1.165) is 31.2 Å². The molecule has 1 aromatic carbocycles. The number of rotatable bonds is 16. The van der Waals surface area contributed by atoms with Crippen LogP contribution in [0.2, 0.25) is 5.02 Å². The predicted octanol–water partition coefficient (Wildman–Crippen LogP) is 4.99. The van der Waals surface area contributed by atoms with Crippen LogP contribution < -0.4 is 4.90 Å². The average molecular weight is 587 g/mol. The molecule has 9 heteroatoms. The van der Waals surface area contributed by atoms with Gasteiger partial charge >= 0.3 is 5.97 Å². The number of benzene rings is 1. The van der Waals surface area contributed by atoms with Crippen LogP contribution in [0, 0.1) is 18.8 Å². The number of fused-ring (bicyclic) bond motifs is 1. The van der Waals surface area contributed by atoms with Crippen LogP contribution in [0.15, 0.2) is 43.5 Å². The molecule has 3 aliphatic rings. The normalized spacial score (nSPS) is 26.2. The minimum absolute atomic E-state index is 0.120. The number of hydrogen-bond acceptors (Lipinski definition) is 6. The van der Waals surface area contributed by atoms with Crippen LogP contribution in [-0.2, 0) is 23.9 Å². The number of likely N-dealkylation sites (tertiary alicyclic amines) is 1. The summed E-state index contributed by atoms with van der Waals surface area (Å²) in [6.07, 6.45) is 9.55. The summed E-state index contributed by atoms with van der Waals surface area (Å²) in [7, 11) is 0. The Bertz CT molecular complexity index is 1120. The van der Waals surface area contributed by atoms with Gasteiger partial charge < -0.3 is 24.4 Å². The summed E-state index contributed by atoms with van der Waals surface area (Å²) in [5.74, 6) is -2.44. The molecule has 1 spiro atoms. The number of aryl methyl sites for hydroxylation is 1. The smallest absolute Gasteiger partial charge is 0.312 e. The molecule has 8 nitrogen and oxygen atoms in total. The van der Waals surface area contributed by atoms with E-state index in [9.17, 15) is 14.4 Å². The Kier molecular flexibility index (Phi) is 10.7. The van der Waals surface area contributed by atoms with Gasteiger partial charge in [0.15, 0.2) is 0 Å². The Hall–Kier alpha value is -2.68. The summed E-state index contributed by atoms with van der Waals surface area (Å²) in [5, 5.41) is 9.60. The third kappa shape index (κ3) is 6.11. The van der Waals surface area contributed by atoms with Gasteiger partial charge in [0, 0.05) is 19.7 Å². The third-order valence-electron chi connectivity index (χ3n) is 8.70. The number of aliphatic hydroxyl groups excluding tert-OH is 1. The highest BCUT2D eigenvalue weighted by atomic mass is 35.5. The first kappa shape index (κ1) is 31.3. The van der Waals surface area contributed by atoms with Gasteiger partial charge in [0.25, 0.3) is 5.91 Å². The Morgan fingerprint density at radius 3 is 2.68 bits per heavy atom. The molecule has 3 saturated heterocycles. The van der Waals surface area contributed by atoms with Gasteiger partial charge in [0.2, 0.25) is 5.91 Å². The Morgan fingerprint density at radius 2 is 1.98 bits per heavy atom. The van der Waals surface area contributed by atoms with Crippen LogP contribution in [0.25, 0.3) is 0 Å². The van der Waals surface area contributed by atoms with E-state index < -0.39 is 35.6 Å². The minimum Gasteiger partial charge on any atom is -0.465 e. The molecular formula is C32H43ClN2O6. The number of carbonyl (C=O) groups excluding carboxylic acids is 3. The Morgan fingerprint density at radius 1 is 1.20 bits per heavy atom. The van der Waals surface area contributed by atoms with Crippen LogP contribution in [0.3, 0.4) is 0 Å². The van der Waals surface area contributed by atoms with Gasteiger partial charge in [-0.3, -0.25) is 14.4 Å². The van der Waals surface area contributed by atoms with Gasteiger partial charge in [-0.25, -0.2) is 0 Å². The Labute approximate surface area is 248 Å². The van der Waals surface area contributed by atoms with Crippen molar-refractivity contribution in [2.24, 2.45) is 11.8 Å². The molecule has 1 aromatic rings. The molecule has 0 aromatic heterocycles. The summed E-state index contributed by atoms with van der Waals surface area (Å²) in [6.45, 7) is 10.4. The molecule has 0 saturated carbocycles. The molecule has 4 rings (SSSR count). The fourth-order valence-electron chi connectivity index (χ4n) is 6.88. The van der Waals surface area contributed by atoms with Crippen molar-refractivity contribution in [3.05, 3.63) is 54.1 Å². The molecule has 0 aliphatic carbocycles. The van der Waals surface area contributed by atoms with Crippen molar-refractivity contribution in [2.45, 2.75) is 82.5 Å². The zero-order valence-electron chi connectivity index (χ0n) is 24.1. The predicted molar refractivity (Wildman–Crippen MR) is 159 cm³/mol. The highest BCUT2D eigenvalue weighted by molar-refractivity contribution is 6.34. The summed E-state index contributed by atoms with van der Waals surface area (Å²) in [6, 6.07) is 4.57. The average Bonchev–Trinajstić information content (AvgIpc) is 3.59. The number of hydrogen-bond donors (Lipinski definition) is 1. The van der Waals surface area contributed by atoms with E-state index in [0.29, 0.717) is 49.4 Å². The Balaban J connectivity index is 1.66. The monoisotopic (exact) mass is 586 g/mol. The van der Waals surface area contributed by atoms with Gasteiger partial charge in [-0.2, -0.15) is 0 Å². The van der Waals surface area contributed by atoms with Crippen LogP contribution in [0.4, 0.5) is 5.69 Å². The summed E-state index contributed by atoms with van der Waals surface area (Å²) in [5.41, 5.74) is 0.305. The molecule has 2 amide bonds. The number of halogens is 1. The largest absolute Gasteiger partial charge is 0.465 e. The van der Waals surface area contributed by atoms with Crippen LogP contribution in [0.5, 0.6) is 0 Å². The number of aliphatic hydroxyl groups is 1. The van der Waals surface area contributed by atoms with Gasteiger partial charge in [-0.1, -0.05) is 48.7 Å². The standard InChI is InChI=1S/C32H43ClN2O6/c1-4-6-7-12-21-40-31(39)25-24-16-17-32(41-24)26(25)29(37)35(19-10-8-9-11-20-36)28(32)30(38)34(18-5-2)27-22(3)14-13-15-23(27)33/h4-5,13-15,24-26,28,36H,1-2,6-12,16-21H2,3H3/t24-,25+,26+,28?,32?/m1/s1. The lowest BCUT2D eigenvalue weighted by molar-refractivity contribution is -0.155. The molecule has 224 valence electrons. The zero-order chi connectivity index (χ0) is 29.6. The molecule has 1 N–H and O–H groups in total. The van der Waals surface area contributed by atoms with E-state index in [1.807, 2.05) is 25.1 Å². The maximum absolute atomic E-state index is 14.6. The maximum Gasteiger partial charge on any atom is 0.312 e. The summed E-state index contributed by atoms with van der Waals surface area (Å²) < 4.78 is 12.2. The molecule has 2 unspecified atom stereocenters. The molecule has 3 heterocycles. The van der Waals surface area contributed by atoms with Crippen LogP contribution in [-0.4, -0.2) is 71.8 Å². The van der Waals surface area contributed by atoms with Crippen molar-refractivity contribution in [1.82, 2.24) is 4.90 Å². The highest BCUT2D eigenvalue weighted by Gasteiger charge is 2.75. The lowest BCUT2D eigenvalue weighted by Gasteiger charge is -2.37. The van der Waals surface area contributed by atoms with Crippen molar-refractivity contribution in [2.75, 3.05) is 31.2 Å². The second kappa shape index (κ2) is 14.0. The molecule has 0 radical (unpaired) electrons. The van der Waals surface area contributed by atoms with Gasteiger partial charge in [0.05, 0.1) is 35.3 Å². The van der Waals surface area contributed by atoms with E-state index in [1.54, 1.807) is 21.9 Å². The SMILES string of the molecule is C=CCCCCOC(=O)[C@@H]1[C@H]2C(=O)N(CCCCCCO)C(C(=O)N(CC=C)c3c(C)cccc3Cl)C23CC[C@H]1O3. The van der Waals surface area contributed by atoms with Crippen LogP contribution >= 0.6 is 11.6 Å². The van der Waals surface area contributed by atoms with Crippen molar-refractivity contribution in [3.8, 4) is 0 Å². The molecule has 3 aliphatic heterocycles. The maximum atomic E-state index is 14.6. The van der Waals surface area contributed by atoms with Crippen molar-refractivity contribution >= 4 is 35.1 Å². The number of esters is 1. The van der Waals surface area contributed by atoms with E-state index in [2.05, 4.69) is 13.2 Å². The number of para-hydroxylation sites is 1. The molecule has 3 fully saturated rings.